The maximum Gasteiger partial charge on any atom is 0.339 e. The van der Waals surface area contributed by atoms with Crippen molar-refractivity contribution in [3.8, 4) is 11.1 Å². The van der Waals surface area contributed by atoms with E-state index >= 15 is 0 Å². The van der Waals surface area contributed by atoms with Gasteiger partial charge >= 0.3 is 5.97 Å². The number of aromatic nitrogens is 3. The molecule has 2 heterocycles. The number of carboxylic acids is 1. The Morgan fingerprint density at radius 3 is 2.62 bits per heavy atom. The van der Waals surface area contributed by atoms with Gasteiger partial charge in [-0.2, -0.15) is 4.98 Å². The summed E-state index contributed by atoms with van der Waals surface area (Å²) in [5.74, 6) is -3.32. The fraction of sp³-hybridized carbons (Fsp3) is 0. The molecule has 0 radical (unpaired) electrons. The Bertz CT molecular complexity index is 876. The van der Waals surface area contributed by atoms with Crippen LogP contribution < -0.4 is 5.73 Å². The molecule has 8 heteroatoms. The molecular formula is C13H8F2N4O2. The van der Waals surface area contributed by atoms with Crippen molar-refractivity contribution >= 4 is 17.6 Å². The van der Waals surface area contributed by atoms with Crippen LogP contribution >= 0.6 is 0 Å². The van der Waals surface area contributed by atoms with Crippen LogP contribution in [0.2, 0.25) is 0 Å². The topological polar surface area (TPSA) is 93.5 Å². The summed E-state index contributed by atoms with van der Waals surface area (Å²) in [6.07, 6.45) is 1.44. The highest BCUT2D eigenvalue weighted by molar-refractivity contribution is 5.96. The van der Waals surface area contributed by atoms with Gasteiger partial charge in [-0.05, 0) is 23.8 Å². The summed E-state index contributed by atoms with van der Waals surface area (Å²) >= 11 is 0. The zero-order valence-electron chi connectivity index (χ0n) is 10.4. The maximum absolute atomic E-state index is 13.3. The van der Waals surface area contributed by atoms with Crippen molar-refractivity contribution in [1.29, 1.82) is 0 Å². The molecule has 0 aliphatic heterocycles. The molecule has 3 rings (SSSR count). The van der Waals surface area contributed by atoms with Crippen LogP contribution in [0, 0.1) is 11.6 Å². The zero-order valence-corrected chi connectivity index (χ0v) is 10.4. The van der Waals surface area contributed by atoms with Crippen molar-refractivity contribution in [1.82, 2.24) is 14.6 Å². The second kappa shape index (κ2) is 4.51. The van der Waals surface area contributed by atoms with Crippen LogP contribution in [0.3, 0.4) is 0 Å². The number of carbonyl (C=O) groups is 1. The van der Waals surface area contributed by atoms with E-state index in [1.165, 1.54) is 22.8 Å². The Kier molecular flexibility index (Phi) is 2.79. The number of anilines is 1. The summed E-state index contributed by atoms with van der Waals surface area (Å²) in [6, 6.07) is 4.58. The number of nitrogen functional groups attached to an aromatic ring is 1. The fourth-order valence-electron chi connectivity index (χ4n) is 1.99. The quantitative estimate of drug-likeness (QED) is 0.752. The van der Waals surface area contributed by atoms with Gasteiger partial charge in [-0.1, -0.05) is 6.07 Å². The number of halogens is 2. The number of carboxylic acid groups (broad SMARTS) is 1. The van der Waals surface area contributed by atoms with Gasteiger partial charge in [0.1, 0.15) is 5.56 Å². The number of benzene rings is 1. The molecule has 0 amide bonds. The second-order valence-corrected chi connectivity index (χ2v) is 4.31. The third kappa shape index (κ3) is 2.16. The van der Waals surface area contributed by atoms with E-state index in [0.29, 0.717) is 11.1 Å². The van der Waals surface area contributed by atoms with Crippen LogP contribution in [0.15, 0.2) is 30.5 Å². The number of hydrogen-bond acceptors (Lipinski definition) is 4. The van der Waals surface area contributed by atoms with Crippen molar-refractivity contribution in [3.05, 3.63) is 47.7 Å². The highest BCUT2D eigenvalue weighted by atomic mass is 19.2. The van der Waals surface area contributed by atoms with Gasteiger partial charge in [-0.25, -0.2) is 18.1 Å². The van der Waals surface area contributed by atoms with Gasteiger partial charge in [0.05, 0.1) is 0 Å². The van der Waals surface area contributed by atoms with E-state index in [4.69, 9.17) is 5.73 Å². The molecule has 0 unspecified atom stereocenters. The Morgan fingerprint density at radius 1 is 1.19 bits per heavy atom. The molecular weight excluding hydrogens is 282 g/mol. The normalized spacial score (nSPS) is 11.0. The predicted molar refractivity (Wildman–Crippen MR) is 69.7 cm³/mol. The van der Waals surface area contributed by atoms with Crippen LogP contribution in [-0.2, 0) is 0 Å². The Balaban J connectivity index is 2.27. The SMILES string of the molecule is Nc1nc2c(C(=O)O)cc(-c3ccc(F)c(F)c3)cn2n1. The minimum absolute atomic E-state index is 0.0753. The van der Waals surface area contributed by atoms with Gasteiger partial charge < -0.3 is 10.8 Å². The number of pyridine rings is 1. The lowest BCUT2D eigenvalue weighted by Crippen LogP contribution is -2.02. The first-order valence-electron chi connectivity index (χ1n) is 5.80. The molecule has 0 saturated carbocycles. The number of nitrogens with two attached hydrogens (primary N) is 1. The Labute approximate surface area is 116 Å². The number of rotatable bonds is 2. The monoisotopic (exact) mass is 290 g/mol. The van der Waals surface area contributed by atoms with E-state index in [9.17, 15) is 18.7 Å². The number of nitrogens with zero attached hydrogens (tertiary/aromatic N) is 3. The lowest BCUT2D eigenvalue weighted by molar-refractivity contribution is 0.0698. The first-order chi connectivity index (χ1) is 9.95. The molecule has 3 aromatic rings. The Morgan fingerprint density at radius 2 is 1.95 bits per heavy atom. The molecule has 0 saturated heterocycles. The van der Waals surface area contributed by atoms with Crippen molar-refractivity contribution in [2.45, 2.75) is 0 Å². The van der Waals surface area contributed by atoms with Crippen molar-refractivity contribution in [2.75, 3.05) is 5.73 Å². The average molecular weight is 290 g/mol. The van der Waals surface area contributed by atoms with Gasteiger partial charge in [-0.3, -0.25) is 0 Å². The van der Waals surface area contributed by atoms with Crippen LogP contribution in [0.1, 0.15) is 10.4 Å². The van der Waals surface area contributed by atoms with Gasteiger partial charge in [0.2, 0.25) is 5.95 Å². The molecule has 21 heavy (non-hydrogen) atoms. The van der Waals surface area contributed by atoms with Gasteiger partial charge in [0.25, 0.3) is 0 Å². The largest absolute Gasteiger partial charge is 0.478 e. The van der Waals surface area contributed by atoms with Crippen molar-refractivity contribution in [2.24, 2.45) is 0 Å². The summed E-state index contributed by atoms with van der Waals surface area (Å²) in [5.41, 5.74) is 6.05. The molecule has 3 N–H and O–H groups in total. The molecule has 6 nitrogen and oxygen atoms in total. The van der Waals surface area contributed by atoms with E-state index in [2.05, 4.69) is 10.1 Å². The highest BCUT2D eigenvalue weighted by Crippen LogP contribution is 2.24. The third-order valence-electron chi connectivity index (χ3n) is 2.93. The molecule has 0 fully saturated rings. The molecule has 0 aliphatic carbocycles. The molecule has 2 aromatic heterocycles. The standard InChI is InChI=1S/C13H8F2N4O2/c14-9-2-1-6(4-10(9)15)7-3-8(12(20)21)11-17-13(16)18-19(11)5-7/h1-5H,(H2,16,18)(H,20,21). The average Bonchev–Trinajstić information content (AvgIpc) is 2.80. The highest BCUT2D eigenvalue weighted by Gasteiger charge is 2.16. The Hall–Kier alpha value is -3.03. The lowest BCUT2D eigenvalue weighted by atomic mass is 10.1. The summed E-state index contributed by atoms with van der Waals surface area (Å²) < 4.78 is 27.5. The van der Waals surface area contributed by atoms with Crippen LogP contribution in [0.5, 0.6) is 0 Å². The zero-order chi connectivity index (χ0) is 15.1. The van der Waals surface area contributed by atoms with Crippen LogP contribution in [-0.4, -0.2) is 25.7 Å². The molecule has 1 aromatic carbocycles. The fourth-order valence-corrected chi connectivity index (χ4v) is 1.99. The summed E-state index contributed by atoms with van der Waals surface area (Å²) in [5, 5.41) is 13.0. The van der Waals surface area contributed by atoms with E-state index in [0.717, 1.165) is 12.1 Å². The molecule has 0 bridgehead atoms. The first kappa shape index (κ1) is 13.0. The van der Waals surface area contributed by atoms with Gasteiger partial charge in [0, 0.05) is 11.8 Å². The van der Waals surface area contributed by atoms with E-state index in [1.807, 2.05) is 0 Å². The van der Waals surface area contributed by atoms with Crippen LogP contribution in [0.4, 0.5) is 14.7 Å². The molecule has 106 valence electrons. The van der Waals surface area contributed by atoms with Crippen molar-refractivity contribution in [3.63, 3.8) is 0 Å². The molecule has 0 aliphatic rings. The van der Waals surface area contributed by atoms with E-state index < -0.39 is 17.6 Å². The smallest absolute Gasteiger partial charge is 0.339 e. The van der Waals surface area contributed by atoms with Gasteiger partial charge in [-0.15, -0.1) is 5.10 Å². The van der Waals surface area contributed by atoms with Crippen molar-refractivity contribution < 1.29 is 18.7 Å². The minimum Gasteiger partial charge on any atom is -0.478 e. The van der Waals surface area contributed by atoms with E-state index in [1.54, 1.807) is 0 Å². The number of aromatic carboxylic acids is 1. The summed E-state index contributed by atoms with van der Waals surface area (Å²) in [6.45, 7) is 0. The molecule has 0 atom stereocenters. The number of hydrogen-bond donors (Lipinski definition) is 2. The lowest BCUT2D eigenvalue weighted by Gasteiger charge is -2.05. The first-order valence-corrected chi connectivity index (χ1v) is 5.80. The second-order valence-electron chi connectivity index (χ2n) is 4.31. The van der Waals surface area contributed by atoms with E-state index in [-0.39, 0.29) is 17.2 Å². The number of fused-ring (bicyclic) bond motifs is 1. The summed E-state index contributed by atoms with van der Waals surface area (Å²) in [7, 11) is 0. The summed E-state index contributed by atoms with van der Waals surface area (Å²) in [4.78, 5) is 15.1. The molecule has 0 spiro atoms. The van der Waals surface area contributed by atoms with Crippen LogP contribution in [0.25, 0.3) is 16.8 Å². The predicted octanol–water partition coefficient (Wildman–Crippen LogP) is 1.95. The maximum atomic E-state index is 13.3. The minimum atomic E-state index is -1.23. The third-order valence-corrected chi connectivity index (χ3v) is 2.93. The van der Waals surface area contributed by atoms with Gasteiger partial charge in [0.15, 0.2) is 17.3 Å².